The lowest BCUT2D eigenvalue weighted by molar-refractivity contribution is -0.131. The Morgan fingerprint density at radius 1 is 1.15 bits per heavy atom. The molecule has 3 heterocycles. The lowest BCUT2D eigenvalue weighted by atomic mass is 9.95. The van der Waals surface area contributed by atoms with Gasteiger partial charge in [0.05, 0.1) is 5.70 Å². The predicted molar refractivity (Wildman–Crippen MR) is 99.3 cm³/mol. The number of likely N-dealkylation sites (tertiary alicyclic amines) is 1. The average molecular weight is 381 g/mol. The molecule has 0 spiro atoms. The molecule has 1 saturated heterocycles. The number of allylic oxidation sites excluding steroid dienone is 4. The molecule has 5 rings (SSSR count). The van der Waals surface area contributed by atoms with Crippen molar-refractivity contribution < 1.29 is 10.0 Å². The van der Waals surface area contributed by atoms with Gasteiger partial charge in [-0.15, -0.1) is 10.2 Å². The zero-order chi connectivity index (χ0) is 18.5. The summed E-state index contributed by atoms with van der Waals surface area (Å²) in [6, 6.07) is 7.93. The van der Waals surface area contributed by atoms with Crippen molar-refractivity contribution in [2.24, 2.45) is 22.1 Å². The summed E-state index contributed by atoms with van der Waals surface area (Å²) in [6.07, 6.45) is 10.2. The Morgan fingerprint density at radius 3 is 2.63 bits per heavy atom. The van der Waals surface area contributed by atoms with Gasteiger partial charge in [0.1, 0.15) is 0 Å². The van der Waals surface area contributed by atoms with Gasteiger partial charge >= 0.3 is 0 Å². The quantitative estimate of drug-likeness (QED) is 0.860. The fourth-order valence-electron chi connectivity index (χ4n) is 3.98. The highest BCUT2D eigenvalue weighted by molar-refractivity contribution is 6.30. The normalized spacial score (nSPS) is 28.3. The third kappa shape index (κ3) is 2.91. The Balaban J connectivity index is 1.36. The van der Waals surface area contributed by atoms with Crippen molar-refractivity contribution in [1.82, 2.24) is 9.96 Å². The lowest BCUT2D eigenvalue weighted by Crippen LogP contribution is -2.31. The van der Waals surface area contributed by atoms with Crippen molar-refractivity contribution in [2.75, 3.05) is 0 Å². The fourth-order valence-corrected chi connectivity index (χ4v) is 4.11. The molecule has 4 aliphatic rings. The molecule has 0 radical (unpaired) electrons. The second-order valence-corrected chi connectivity index (χ2v) is 7.60. The summed E-state index contributed by atoms with van der Waals surface area (Å²) in [5.41, 5.74) is 2.66. The molecule has 0 bridgehead atoms. The maximum Gasteiger partial charge on any atom is 0.232 e. The van der Waals surface area contributed by atoms with Crippen LogP contribution in [0.2, 0.25) is 5.02 Å². The van der Waals surface area contributed by atoms with E-state index in [9.17, 15) is 10.0 Å². The van der Waals surface area contributed by atoms with Gasteiger partial charge in [-0.2, -0.15) is 0 Å². The van der Waals surface area contributed by atoms with E-state index in [-0.39, 0.29) is 17.9 Å². The van der Waals surface area contributed by atoms with E-state index in [1.807, 2.05) is 35.2 Å². The van der Waals surface area contributed by atoms with Gasteiger partial charge in [-0.05, 0) is 48.6 Å². The first-order valence-corrected chi connectivity index (χ1v) is 9.27. The van der Waals surface area contributed by atoms with E-state index in [2.05, 4.69) is 10.2 Å². The smallest absolute Gasteiger partial charge is 0.232 e. The number of hydroxylamine groups is 2. The van der Waals surface area contributed by atoms with E-state index in [4.69, 9.17) is 11.6 Å². The molecular formula is C20H17ClN4O2. The Labute approximate surface area is 161 Å². The molecule has 1 aromatic carbocycles. The van der Waals surface area contributed by atoms with Gasteiger partial charge < -0.3 is 0 Å². The molecule has 0 aromatic heterocycles. The summed E-state index contributed by atoms with van der Waals surface area (Å²) in [6.45, 7) is 0. The lowest BCUT2D eigenvalue weighted by Gasteiger charge is -2.19. The molecule has 3 atom stereocenters. The predicted octanol–water partition coefficient (Wildman–Crippen LogP) is 4.02. The largest absolute Gasteiger partial charge is 0.292 e. The number of carbonyl (C=O) groups excluding carboxylic acids is 1. The second-order valence-electron chi connectivity index (χ2n) is 7.17. The Morgan fingerprint density at radius 2 is 1.89 bits per heavy atom. The number of hydrogen-bond donors (Lipinski definition) is 1. The van der Waals surface area contributed by atoms with Crippen LogP contribution in [0.3, 0.4) is 0 Å². The van der Waals surface area contributed by atoms with Gasteiger partial charge in [0.25, 0.3) is 0 Å². The number of azo groups is 1. The van der Waals surface area contributed by atoms with Gasteiger partial charge in [-0.3, -0.25) is 14.9 Å². The van der Waals surface area contributed by atoms with Gasteiger partial charge in [0.15, 0.2) is 5.82 Å². The Hall–Kier alpha value is -2.70. The molecule has 7 heteroatoms. The van der Waals surface area contributed by atoms with Crippen molar-refractivity contribution in [3.63, 3.8) is 0 Å². The molecule has 136 valence electrons. The maximum atomic E-state index is 13.0. The van der Waals surface area contributed by atoms with E-state index < -0.39 is 0 Å². The van der Waals surface area contributed by atoms with Crippen molar-refractivity contribution in [3.05, 3.63) is 82.6 Å². The van der Waals surface area contributed by atoms with Gasteiger partial charge in [0.2, 0.25) is 5.91 Å². The highest BCUT2D eigenvalue weighted by Gasteiger charge is 2.59. The highest BCUT2D eigenvalue weighted by atomic mass is 35.5. The maximum absolute atomic E-state index is 13.0. The molecule has 27 heavy (non-hydrogen) atoms. The summed E-state index contributed by atoms with van der Waals surface area (Å²) in [5, 5.41) is 19.5. The van der Waals surface area contributed by atoms with Crippen LogP contribution in [-0.2, 0) is 11.2 Å². The SMILES string of the molecule is O=C1C(Cc2ccc(Cl)cc2)C2CC2N1C1=CC(=C2C=CN(O)C=C2)N=N1. The summed E-state index contributed by atoms with van der Waals surface area (Å²) in [7, 11) is 0. The number of nitrogens with zero attached hydrogens (tertiary/aromatic N) is 4. The van der Waals surface area contributed by atoms with Crippen molar-refractivity contribution in [2.45, 2.75) is 18.9 Å². The monoisotopic (exact) mass is 380 g/mol. The molecule has 1 N–H and O–H groups in total. The zero-order valence-electron chi connectivity index (χ0n) is 14.4. The van der Waals surface area contributed by atoms with Crippen LogP contribution < -0.4 is 0 Å². The third-order valence-electron chi connectivity index (χ3n) is 5.46. The first kappa shape index (κ1) is 16.5. The topological polar surface area (TPSA) is 68.5 Å². The number of rotatable bonds is 3. The Bertz CT molecular complexity index is 945. The second kappa shape index (κ2) is 6.18. The fraction of sp³-hybridized carbons (Fsp3) is 0.250. The molecule has 3 aliphatic heterocycles. The molecule has 6 nitrogen and oxygen atoms in total. The molecule has 1 aliphatic carbocycles. The van der Waals surface area contributed by atoms with E-state index >= 15 is 0 Å². The van der Waals surface area contributed by atoms with Gasteiger partial charge in [-0.25, -0.2) is 5.06 Å². The van der Waals surface area contributed by atoms with Gasteiger partial charge in [-0.1, -0.05) is 23.7 Å². The number of amides is 1. The summed E-state index contributed by atoms with van der Waals surface area (Å²) in [5.74, 6) is 1.11. The van der Waals surface area contributed by atoms with Crippen LogP contribution >= 0.6 is 11.6 Å². The van der Waals surface area contributed by atoms with Crippen LogP contribution in [0.1, 0.15) is 12.0 Å². The molecule has 2 fully saturated rings. The van der Waals surface area contributed by atoms with Crippen LogP contribution in [0.5, 0.6) is 0 Å². The minimum absolute atomic E-state index is 0.0126. The number of carbonyl (C=O) groups is 1. The van der Waals surface area contributed by atoms with Crippen LogP contribution in [-0.4, -0.2) is 27.1 Å². The van der Waals surface area contributed by atoms with E-state index in [0.29, 0.717) is 22.5 Å². The van der Waals surface area contributed by atoms with Crippen LogP contribution in [0.25, 0.3) is 0 Å². The minimum atomic E-state index is -0.0126. The van der Waals surface area contributed by atoms with Crippen LogP contribution in [0.15, 0.2) is 82.2 Å². The van der Waals surface area contributed by atoms with Crippen LogP contribution in [0, 0.1) is 11.8 Å². The van der Waals surface area contributed by atoms with Crippen molar-refractivity contribution in [1.29, 1.82) is 0 Å². The Kier molecular flexibility index (Phi) is 3.77. The van der Waals surface area contributed by atoms with Gasteiger partial charge in [0, 0.05) is 41.0 Å². The number of halogens is 1. The van der Waals surface area contributed by atoms with E-state index in [1.165, 1.54) is 12.4 Å². The number of hydrogen-bond acceptors (Lipinski definition) is 5. The summed E-state index contributed by atoms with van der Waals surface area (Å²) in [4.78, 5) is 14.8. The van der Waals surface area contributed by atoms with E-state index in [1.54, 1.807) is 12.2 Å². The highest BCUT2D eigenvalue weighted by Crippen LogP contribution is 2.52. The van der Waals surface area contributed by atoms with Crippen molar-refractivity contribution >= 4 is 17.5 Å². The van der Waals surface area contributed by atoms with Crippen LogP contribution in [0.4, 0.5) is 0 Å². The third-order valence-corrected chi connectivity index (χ3v) is 5.71. The number of fused-ring (bicyclic) bond motifs is 1. The number of benzene rings is 1. The zero-order valence-corrected chi connectivity index (χ0v) is 15.1. The van der Waals surface area contributed by atoms with E-state index in [0.717, 1.165) is 29.0 Å². The molecule has 1 saturated carbocycles. The molecule has 1 amide bonds. The average Bonchev–Trinajstić information content (AvgIpc) is 3.18. The molecular weight excluding hydrogens is 364 g/mol. The summed E-state index contributed by atoms with van der Waals surface area (Å²) < 4.78 is 0. The standard InChI is InChI=1S/C20H17ClN4O2/c21-14-3-1-12(2-4-14)9-16-15-10-18(15)25(20(16)26)19-11-17(22-23-19)13-5-7-24(27)8-6-13/h1-8,11,15-16,18,27H,9-10H2. The first-order valence-electron chi connectivity index (χ1n) is 8.89. The molecule has 3 unspecified atom stereocenters. The first-order chi connectivity index (χ1) is 13.1. The molecule has 1 aromatic rings. The number of piperidine rings is 1. The summed E-state index contributed by atoms with van der Waals surface area (Å²) >= 11 is 5.95. The minimum Gasteiger partial charge on any atom is -0.292 e. The van der Waals surface area contributed by atoms with Crippen molar-refractivity contribution in [3.8, 4) is 0 Å².